The summed E-state index contributed by atoms with van der Waals surface area (Å²) in [7, 11) is 1.48. The maximum absolute atomic E-state index is 12.8. The first-order valence-electron chi connectivity index (χ1n) is 9.27. The van der Waals surface area contributed by atoms with Crippen molar-refractivity contribution in [3.8, 4) is 5.75 Å². The molecule has 0 aliphatic carbocycles. The van der Waals surface area contributed by atoms with Gasteiger partial charge in [0.15, 0.2) is 0 Å². The maximum Gasteiger partial charge on any atom is 0.303 e. The molecule has 0 spiro atoms. The van der Waals surface area contributed by atoms with Crippen LogP contribution in [0.4, 0.5) is 11.4 Å². The molecule has 2 aromatic carbocycles. The van der Waals surface area contributed by atoms with Crippen molar-refractivity contribution in [3.63, 3.8) is 0 Å². The second-order valence-corrected chi connectivity index (χ2v) is 8.35. The van der Waals surface area contributed by atoms with Gasteiger partial charge in [-0.1, -0.05) is 11.6 Å². The smallest absolute Gasteiger partial charge is 0.303 e. The standard InChI is InChI=1S/C21H19ClN2O6S/c1-30-16-7-4-13(10-15(16)22)24-19(26)11-17(21(24)29)31-14-5-2-12(3-6-14)23-18(25)8-9-20(27)28/h2-7,10,17H,8-9,11H2,1H3,(H,23,25)(H,27,28). The largest absolute Gasteiger partial charge is 0.495 e. The number of nitrogens with zero attached hydrogens (tertiary/aromatic N) is 1. The van der Waals surface area contributed by atoms with Crippen LogP contribution in [0, 0.1) is 0 Å². The van der Waals surface area contributed by atoms with Crippen LogP contribution < -0.4 is 15.0 Å². The molecular formula is C21H19ClN2O6S. The zero-order chi connectivity index (χ0) is 22.5. The van der Waals surface area contributed by atoms with Gasteiger partial charge in [0.2, 0.25) is 17.7 Å². The van der Waals surface area contributed by atoms with E-state index in [4.69, 9.17) is 21.4 Å². The average Bonchev–Trinajstić information content (AvgIpc) is 3.00. The van der Waals surface area contributed by atoms with Gasteiger partial charge >= 0.3 is 5.97 Å². The first kappa shape index (κ1) is 22.6. The van der Waals surface area contributed by atoms with E-state index in [1.54, 1.807) is 36.4 Å². The molecule has 0 aromatic heterocycles. The molecule has 162 valence electrons. The van der Waals surface area contributed by atoms with E-state index >= 15 is 0 Å². The van der Waals surface area contributed by atoms with Gasteiger partial charge in [0, 0.05) is 23.4 Å². The summed E-state index contributed by atoms with van der Waals surface area (Å²) in [6.45, 7) is 0. The van der Waals surface area contributed by atoms with Gasteiger partial charge in [-0.05, 0) is 42.5 Å². The summed E-state index contributed by atoms with van der Waals surface area (Å²) in [5, 5.41) is 11.0. The lowest BCUT2D eigenvalue weighted by Gasteiger charge is -2.16. The van der Waals surface area contributed by atoms with Crippen LogP contribution in [0.3, 0.4) is 0 Å². The second kappa shape index (κ2) is 9.84. The van der Waals surface area contributed by atoms with E-state index < -0.39 is 17.1 Å². The Morgan fingerprint density at radius 3 is 2.52 bits per heavy atom. The molecule has 31 heavy (non-hydrogen) atoms. The Labute approximate surface area is 187 Å². The predicted octanol–water partition coefficient (Wildman–Crippen LogP) is 3.58. The van der Waals surface area contributed by atoms with E-state index in [1.165, 1.54) is 24.9 Å². The van der Waals surface area contributed by atoms with Gasteiger partial charge in [0.05, 0.1) is 29.5 Å². The molecular weight excluding hydrogens is 444 g/mol. The number of nitrogens with one attached hydrogen (secondary N) is 1. The molecule has 1 saturated heterocycles. The number of ether oxygens (including phenoxy) is 1. The summed E-state index contributed by atoms with van der Waals surface area (Å²) in [6.07, 6.45) is -0.302. The molecule has 2 aromatic rings. The minimum Gasteiger partial charge on any atom is -0.495 e. The highest BCUT2D eigenvalue weighted by Crippen LogP contribution is 2.36. The molecule has 3 rings (SSSR count). The summed E-state index contributed by atoms with van der Waals surface area (Å²) < 4.78 is 5.10. The van der Waals surface area contributed by atoms with Crippen molar-refractivity contribution in [2.24, 2.45) is 0 Å². The van der Waals surface area contributed by atoms with E-state index in [0.717, 1.165) is 9.80 Å². The van der Waals surface area contributed by atoms with Crippen molar-refractivity contribution >= 4 is 58.4 Å². The van der Waals surface area contributed by atoms with Gasteiger partial charge in [-0.3, -0.25) is 19.2 Å². The summed E-state index contributed by atoms with van der Waals surface area (Å²) >= 11 is 7.37. The highest BCUT2D eigenvalue weighted by atomic mass is 35.5. The van der Waals surface area contributed by atoms with Gasteiger partial charge in [-0.15, -0.1) is 11.8 Å². The molecule has 1 heterocycles. The van der Waals surface area contributed by atoms with Gasteiger partial charge < -0.3 is 15.2 Å². The maximum atomic E-state index is 12.8. The number of carbonyl (C=O) groups is 4. The van der Waals surface area contributed by atoms with E-state index in [1.807, 2.05) is 0 Å². The number of benzene rings is 2. The molecule has 1 aliphatic rings. The van der Waals surface area contributed by atoms with Crippen molar-refractivity contribution in [3.05, 3.63) is 47.5 Å². The quantitative estimate of drug-likeness (QED) is 0.576. The number of thioether (sulfide) groups is 1. The number of aliphatic carboxylic acids is 1. The fraction of sp³-hybridized carbons (Fsp3) is 0.238. The first-order valence-corrected chi connectivity index (χ1v) is 10.5. The molecule has 8 nitrogen and oxygen atoms in total. The fourth-order valence-electron chi connectivity index (χ4n) is 2.99. The molecule has 1 aliphatic heterocycles. The van der Waals surface area contributed by atoms with Gasteiger partial charge in [-0.2, -0.15) is 0 Å². The molecule has 0 bridgehead atoms. The normalized spacial score (nSPS) is 15.8. The molecule has 0 radical (unpaired) electrons. The van der Waals surface area contributed by atoms with Crippen LogP contribution in [0.2, 0.25) is 5.02 Å². The van der Waals surface area contributed by atoms with Gasteiger partial charge in [0.1, 0.15) is 5.75 Å². The number of imide groups is 1. The van der Waals surface area contributed by atoms with E-state index in [9.17, 15) is 19.2 Å². The molecule has 1 unspecified atom stereocenters. The number of amides is 3. The molecule has 2 N–H and O–H groups in total. The highest BCUT2D eigenvalue weighted by Gasteiger charge is 2.40. The fourth-order valence-corrected chi connectivity index (χ4v) is 4.29. The van der Waals surface area contributed by atoms with Crippen molar-refractivity contribution in [2.45, 2.75) is 29.4 Å². The number of hydrogen-bond acceptors (Lipinski definition) is 6. The number of carbonyl (C=O) groups excluding carboxylic acids is 3. The van der Waals surface area contributed by atoms with Crippen molar-refractivity contribution in [1.29, 1.82) is 0 Å². The summed E-state index contributed by atoms with van der Waals surface area (Å²) in [5.41, 5.74) is 0.909. The van der Waals surface area contributed by atoms with Crippen molar-refractivity contribution in [2.75, 3.05) is 17.3 Å². The lowest BCUT2D eigenvalue weighted by Crippen LogP contribution is -2.31. The Morgan fingerprint density at radius 1 is 1.19 bits per heavy atom. The van der Waals surface area contributed by atoms with Crippen LogP contribution >= 0.6 is 23.4 Å². The number of rotatable bonds is 8. The number of hydrogen-bond donors (Lipinski definition) is 2. The third kappa shape index (κ3) is 5.56. The number of methoxy groups -OCH3 is 1. The van der Waals surface area contributed by atoms with Gasteiger partial charge in [-0.25, -0.2) is 4.90 Å². The Hall–Kier alpha value is -3.04. The Bertz CT molecular complexity index is 1030. The minimum absolute atomic E-state index is 0.0564. The molecule has 10 heteroatoms. The molecule has 3 amide bonds. The number of anilines is 2. The predicted molar refractivity (Wildman–Crippen MR) is 117 cm³/mol. The lowest BCUT2D eigenvalue weighted by atomic mass is 10.2. The van der Waals surface area contributed by atoms with Crippen LogP contribution in [0.5, 0.6) is 5.75 Å². The summed E-state index contributed by atoms with van der Waals surface area (Å²) in [5.74, 6) is -1.63. The monoisotopic (exact) mass is 462 g/mol. The zero-order valence-corrected chi connectivity index (χ0v) is 18.0. The Balaban J connectivity index is 1.63. The molecule has 1 fully saturated rings. The topological polar surface area (TPSA) is 113 Å². The molecule has 0 saturated carbocycles. The van der Waals surface area contributed by atoms with E-state index in [2.05, 4.69) is 5.32 Å². The van der Waals surface area contributed by atoms with Crippen LogP contribution in [0.15, 0.2) is 47.4 Å². The minimum atomic E-state index is -1.04. The second-order valence-electron chi connectivity index (χ2n) is 6.66. The third-order valence-electron chi connectivity index (χ3n) is 4.48. The Morgan fingerprint density at radius 2 is 1.90 bits per heavy atom. The summed E-state index contributed by atoms with van der Waals surface area (Å²) in [6, 6.07) is 11.5. The van der Waals surface area contributed by atoms with E-state index in [0.29, 0.717) is 22.1 Å². The SMILES string of the molecule is COc1ccc(N2C(=O)CC(Sc3ccc(NC(=O)CCC(=O)O)cc3)C2=O)cc1Cl. The van der Waals surface area contributed by atoms with E-state index in [-0.39, 0.29) is 31.1 Å². The number of halogens is 1. The number of carboxylic acid groups (broad SMARTS) is 1. The van der Waals surface area contributed by atoms with Crippen molar-refractivity contribution in [1.82, 2.24) is 0 Å². The zero-order valence-electron chi connectivity index (χ0n) is 16.5. The van der Waals surface area contributed by atoms with Crippen LogP contribution in [-0.2, 0) is 19.2 Å². The lowest BCUT2D eigenvalue weighted by molar-refractivity contribution is -0.138. The average molecular weight is 463 g/mol. The molecule has 1 atom stereocenters. The van der Waals surface area contributed by atoms with Gasteiger partial charge in [0.25, 0.3) is 0 Å². The van der Waals surface area contributed by atoms with Crippen LogP contribution in [-0.4, -0.2) is 41.2 Å². The highest BCUT2D eigenvalue weighted by molar-refractivity contribution is 8.00. The Kier molecular flexibility index (Phi) is 7.19. The third-order valence-corrected chi connectivity index (χ3v) is 5.97. The van der Waals surface area contributed by atoms with Crippen LogP contribution in [0.1, 0.15) is 19.3 Å². The van der Waals surface area contributed by atoms with Crippen LogP contribution in [0.25, 0.3) is 0 Å². The first-order chi connectivity index (χ1) is 14.8. The number of carboxylic acids is 1. The van der Waals surface area contributed by atoms with Crippen molar-refractivity contribution < 1.29 is 29.0 Å². The summed E-state index contributed by atoms with van der Waals surface area (Å²) in [4.78, 5) is 49.4.